The molecule has 0 atom stereocenters. The number of rotatable bonds is 4. The fraction of sp³-hybridized carbons (Fsp3) is 0.294. The standard InChI is InChI=1S/C17H17ClN2O2.C17H19ClN2O2/c1-9-14(16(21)22-17(2,3)4)11-6-5-10-8-19-13(18)7-12(10)15(11)20-9;1-11(8-16(21)22-17(2,3)4)20-14-7-5-6-12-10-19-15(18)9-13(12)14/h5-8,19H,1-4H3;5-10,20H,1-4H3/b;11-8+. The number of aromatic nitrogens is 3. The molecule has 0 saturated carbocycles. The second-order valence-electron chi connectivity index (χ2n) is 12.3. The Labute approximate surface area is 266 Å². The van der Waals surface area contributed by atoms with Crippen LogP contribution >= 0.6 is 23.2 Å². The first-order chi connectivity index (χ1) is 20.5. The Morgan fingerprint density at radius 1 is 0.909 bits per heavy atom. The predicted octanol–water partition coefficient (Wildman–Crippen LogP) is 9.18. The number of nitrogens with zero attached hydrogens (tertiary/aromatic N) is 2. The van der Waals surface area contributed by atoms with E-state index in [1.807, 2.05) is 98.0 Å². The minimum atomic E-state index is -0.539. The van der Waals surface area contributed by atoms with Gasteiger partial charge in [0.25, 0.3) is 0 Å². The summed E-state index contributed by atoms with van der Waals surface area (Å²) in [4.78, 5) is 35.9. The number of pyridine rings is 2. The summed E-state index contributed by atoms with van der Waals surface area (Å²) in [7, 11) is 0. The molecule has 3 aromatic heterocycles. The lowest BCUT2D eigenvalue weighted by Crippen LogP contribution is -2.24. The molecule has 0 amide bonds. The van der Waals surface area contributed by atoms with Crippen LogP contribution in [-0.2, 0) is 14.3 Å². The Hall–Kier alpha value is -4.14. The summed E-state index contributed by atoms with van der Waals surface area (Å²) < 4.78 is 10.8. The molecule has 0 aliphatic heterocycles. The molecule has 0 radical (unpaired) electrons. The van der Waals surface area contributed by atoms with E-state index in [4.69, 9.17) is 32.7 Å². The fourth-order valence-electron chi connectivity index (χ4n) is 4.55. The third kappa shape index (κ3) is 8.27. The zero-order valence-electron chi connectivity index (χ0n) is 26.1. The van der Waals surface area contributed by atoms with Crippen LogP contribution in [-0.4, -0.2) is 38.1 Å². The van der Waals surface area contributed by atoms with Crippen LogP contribution in [0.2, 0.25) is 10.3 Å². The van der Waals surface area contributed by atoms with Gasteiger partial charge in [0, 0.05) is 56.8 Å². The number of allylic oxidation sites excluding steroid dienone is 1. The van der Waals surface area contributed by atoms with Crippen molar-refractivity contribution in [2.24, 2.45) is 0 Å². The Morgan fingerprint density at radius 3 is 2.30 bits per heavy atom. The smallest absolute Gasteiger partial charge is 0.341 e. The third-order valence-electron chi connectivity index (χ3n) is 6.20. The number of aromatic amines is 1. The van der Waals surface area contributed by atoms with E-state index >= 15 is 0 Å². The van der Waals surface area contributed by atoms with Gasteiger partial charge in [0.2, 0.25) is 0 Å². The van der Waals surface area contributed by atoms with Crippen molar-refractivity contribution in [3.8, 4) is 0 Å². The lowest BCUT2D eigenvalue weighted by molar-refractivity contribution is -0.148. The number of aryl methyl sites for hydroxylation is 1. The molecule has 0 aliphatic rings. The van der Waals surface area contributed by atoms with Crippen LogP contribution in [0.25, 0.3) is 32.4 Å². The Bertz CT molecular complexity index is 1900. The minimum Gasteiger partial charge on any atom is -0.457 e. The largest absolute Gasteiger partial charge is 0.457 e. The van der Waals surface area contributed by atoms with Gasteiger partial charge in [0.1, 0.15) is 21.5 Å². The molecule has 0 spiro atoms. The third-order valence-corrected chi connectivity index (χ3v) is 6.63. The van der Waals surface area contributed by atoms with Crippen molar-refractivity contribution in [3.63, 3.8) is 0 Å². The molecular formula is C34H36Cl2N4O4. The van der Waals surface area contributed by atoms with Crippen molar-refractivity contribution >= 4 is 73.3 Å². The Kier molecular flexibility index (Phi) is 9.56. The maximum absolute atomic E-state index is 12.5. The highest BCUT2D eigenvalue weighted by Gasteiger charge is 2.24. The number of halogens is 2. The quantitative estimate of drug-likeness (QED) is 0.115. The molecule has 0 fully saturated rings. The molecular weight excluding hydrogens is 599 g/mol. The lowest BCUT2D eigenvalue weighted by atomic mass is 10.1. The number of carbonyl (C=O) groups is 2. The fourth-order valence-corrected chi connectivity index (χ4v) is 4.88. The zero-order chi connectivity index (χ0) is 32.4. The summed E-state index contributed by atoms with van der Waals surface area (Å²) >= 11 is 12.0. The highest BCUT2D eigenvalue weighted by Crippen LogP contribution is 2.31. The van der Waals surface area contributed by atoms with Crippen molar-refractivity contribution < 1.29 is 19.1 Å². The molecule has 0 bridgehead atoms. The van der Waals surface area contributed by atoms with Crippen LogP contribution in [0.3, 0.4) is 0 Å². The molecule has 0 unspecified atom stereocenters. The van der Waals surface area contributed by atoms with Crippen LogP contribution in [0.5, 0.6) is 0 Å². The van der Waals surface area contributed by atoms with E-state index < -0.39 is 11.2 Å². The molecule has 0 saturated heterocycles. The second kappa shape index (κ2) is 12.8. The molecule has 2 aromatic carbocycles. The van der Waals surface area contributed by atoms with Gasteiger partial charge < -0.3 is 19.8 Å². The van der Waals surface area contributed by atoms with Gasteiger partial charge in [0.05, 0.1) is 16.8 Å². The molecule has 3 heterocycles. The summed E-state index contributed by atoms with van der Waals surface area (Å²) in [6, 6.07) is 13.3. The maximum atomic E-state index is 12.5. The van der Waals surface area contributed by atoms with E-state index in [2.05, 4.69) is 20.3 Å². The molecule has 5 aromatic rings. The normalized spacial score (nSPS) is 12.2. The minimum absolute atomic E-state index is 0.347. The highest BCUT2D eigenvalue weighted by atomic mass is 35.5. The van der Waals surface area contributed by atoms with Crippen LogP contribution in [0.15, 0.2) is 66.6 Å². The van der Waals surface area contributed by atoms with Crippen molar-refractivity contribution in [3.05, 3.63) is 88.2 Å². The van der Waals surface area contributed by atoms with Gasteiger partial charge in [-0.1, -0.05) is 47.5 Å². The van der Waals surface area contributed by atoms with Gasteiger partial charge >= 0.3 is 11.9 Å². The highest BCUT2D eigenvalue weighted by molar-refractivity contribution is 6.31. The lowest BCUT2D eigenvalue weighted by Gasteiger charge is -2.19. The number of H-pyrrole nitrogens is 1. The van der Waals surface area contributed by atoms with Crippen LogP contribution in [0.1, 0.15) is 64.5 Å². The monoisotopic (exact) mass is 634 g/mol. The Morgan fingerprint density at radius 2 is 1.61 bits per heavy atom. The number of benzene rings is 2. The molecule has 0 aliphatic carbocycles. The van der Waals surface area contributed by atoms with E-state index in [9.17, 15) is 9.59 Å². The van der Waals surface area contributed by atoms with Gasteiger partial charge in [-0.15, -0.1) is 0 Å². The first kappa shape index (κ1) is 32.8. The molecule has 5 rings (SSSR count). The summed E-state index contributed by atoms with van der Waals surface area (Å²) in [5.74, 6) is -0.724. The summed E-state index contributed by atoms with van der Waals surface area (Å²) in [5.41, 5.74) is 2.46. The number of carbonyl (C=O) groups excluding carboxylic acids is 2. The number of ether oxygens (including phenoxy) is 2. The Balaban J connectivity index is 0.000000201. The number of fused-ring (bicyclic) bond motifs is 4. The molecule has 10 heteroatoms. The van der Waals surface area contributed by atoms with E-state index in [-0.39, 0.29) is 11.9 Å². The number of hydrogen-bond acceptors (Lipinski definition) is 7. The van der Waals surface area contributed by atoms with Crippen molar-refractivity contribution in [1.82, 2.24) is 15.0 Å². The van der Waals surface area contributed by atoms with E-state index in [0.717, 1.165) is 38.1 Å². The average Bonchev–Trinajstić information content (AvgIpc) is 3.23. The summed E-state index contributed by atoms with van der Waals surface area (Å²) in [6.07, 6.45) is 4.98. The number of hydrogen-bond donors (Lipinski definition) is 2. The van der Waals surface area contributed by atoms with E-state index in [1.165, 1.54) is 6.08 Å². The number of nitrogens with one attached hydrogen (secondary N) is 2. The van der Waals surface area contributed by atoms with Crippen LogP contribution in [0, 0.1) is 6.92 Å². The molecule has 8 nitrogen and oxygen atoms in total. The zero-order valence-corrected chi connectivity index (χ0v) is 27.6. The summed E-state index contributed by atoms with van der Waals surface area (Å²) in [5, 5.41) is 8.77. The average molecular weight is 636 g/mol. The van der Waals surface area contributed by atoms with E-state index in [0.29, 0.717) is 27.3 Å². The first-order valence-corrected chi connectivity index (χ1v) is 14.8. The molecule has 2 N–H and O–H groups in total. The molecule has 44 heavy (non-hydrogen) atoms. The number of anilines is 1. The number of esters is 2. The predicted molar refractivity (Wildman–Crippen MR) is 178 cm³/mol. The summed E-state index contributed by atoms with van der Waals surface area (Å²) in [6.45, 7) is 14.7. The molecule has 230 valence electrons. The van der Waals surface area contributed by atoms with Gasteiger partial charge in [-0.05, 0) is 73.6 Å². The SMILES string of the molecule is C/C(=C\C(=O)OC(C)(C)C)Nc1cccc2cnc(Cl)cc12.Cc1nc2c(ccc3c[nH]c(Cl)cc32)c1C(=O)OC(C)(C)C. The second-order valence-corrected chi connectivity index (χ2v) is 13.1. The van der Waals surface area contributed by atoms with Crippen molar-refractivity contribution in [2.45, 2.75) is 66.6 Å². The maximum Gasteiger partial charge on any atom is 0.341 e. The van der Waals surface area contributed by atoms with Crippen LogP contribution < -0.4 is 5.32 Å². The van der Waals surface area contributed by atoms with Gasteiger partial charge in [-0.2, -0.15) is 0 Å². The van der Waals surface area contributed by atoms with Gasteiger partial charge in [-0.25, -0.2) is 14.6 Å². The van der Waals surface area contributed by atoms with E-state index in [1.54, 1.807) is 12.3 Å². The van der Waals surface area contributed by atoms with Crippen molar-refractivity contribution in [1.29, 1.82) is 0 Å². The van der Waals surface area contributed by atoms with Crippen LogP contribution in [0.4, 0.5) is 5.69 Å². The van der Waals surface area contributed by atoms with Gasteiger partial charge in [-0.3, -0.25) is 4.98 Å². The first-order valence-electron chi connectivity index (χ1n) is 14.0. The van der Waals surface area contributed by atoms with Crippen molar-refractivity contribution in [2.75, 3.05) is 5.32 Å². The topological polar surface area (TPSA) is 106 Å². The van der Waals surface area contributed by atoms with Gasteiger partial charge in [0.15, 0.2) is 0 Å².